The van der Waals surface area contributed by atoms with E-state index in [-0.39, 0.29) is 0 Å². The fourth-order valence-electron chi connectivity index (χ4n) is 22.9. The normalized spacial score (nSPS) is 11.8. The summed E-state index contributed by atoms with van der Waals surface area (Å²) in [5.74, 6) is 1.31. The summed E-state index contributed by atoms with van der Waals surface area (Å²) >= 11 is 5.71. The summed E-state index contributed by atoms with van der Waals surface area (Å²) in [5.41, 5.74) is 28.9. The van der Waals surface area contributed by atoms with Gasteiger partial charge in [0.25, 0.3) is 0 Å². The zero-order valence-corrected chi connectivity index (χ0v) is 82.4. The van der Waals surface area contributed by atoms with Crippen LogP contribution in [-0.4, -0.2) is 33.6 Å². The van der Waals surface area contributed by atoms with Crippen LogP contribution < -0.4 is 0 Å². The van der Waals surface area contributed by atoms with Crippen molar-refractivity contribution in [3.8, 4) is 118 Å². The van der Waals surface area contributed by atoms with Crippen molar-refractivity contribution < 1.29 is 0 Å². The van der Waals surface area contributed by atoms with Gasteiger partial charge in [-0.25, -0.2) is 9.97 Å². The summed E-state index contributed by atoms with van der Waals surface area (Å²) in [6, 6.07) is 182. The maximum atomic E-state index is 5.29. The predicted molar refractivity (Wildman–Crippen MR) is 631 cm³/mol. The molecular formula is C138H85N7S3. The Morgan fingerprint density at radius 1 is 0.169 bits per heavy atom. The maximum Gasteiger partial charge on any atom is 0.180 e. The number of aromatic nitrogens is 7. The largest absolute Gasteiger partial charge is 0.309 e. The van der Waals surface area contributed by atoms with Crippen molar-refractivity contribution in [2.45, 2.75) is 0 Å². The highest BCUT2D eigenvalue weighted by Crippen LogP contribution is 2.55. The average Bonchev–Trinajstić information content (AvgIpc) is 1.54. The highest BCUT2D eigenvalue weighted by atomic mass is 32.1. The van der Waals surface area contributed by atoms with Crippen molar-refractivity contribution in [3.05, 3.63) is 516 Å². The van der Waals surface area contributed by atoms with E-state index in [0.717, 1.165) is 28.2 Å². The molecule has 31 aromatic rings. The lowest BCUT2D eigenvalue weighted by Crippen LogP contribution is -2.03. The Morgan fingerprint density at radius 3 is 0.838 bits per heavy atom. The second-order valence-corrected chi connectivity index (χ2v) is 41.2. The third kappa shape index (κ3) is 14.5. The summed E-state index contributed by atoms with van der Waals surface area (Å²) in [4.78, 5) is 19.7. The van der Waals surface area contributed by atoms with Gasteiger partial charge in [-0.05, 0) is 226 Å². The van der Waals surface area contributed by atoms with E-state index in [0.29, 0.717) is 11.5 Å². The molecule has 0 N–H and O–H groups in total. The lowest BCUT2D eigenvalue weighted by Gasteiger charge is -2.13. The molecule has 0 aliphatic heterocycles. The Morgan fingerprint density at radius 2 is 0.459 bits per heavy atom. The van der Waals surface area contributed by atoms with Crippen LogP contribution in [0.2, 0.25) is 0 Å². The van der Waals surface area contributed by atoms with Crippen LogP contribution in [0, 0.1) is 0 Å². The third-order valence-electron chi connectivity index (χ3n) is 29.6. The van der Waals surface area contributed by atoms with Crippen molar-refractivity contribution in [3.63, 3.8) is 0 Å². The van der Waals surface area contributed by atoms with Gasteiger partial charge in [-0.1, -0.05) is 376 Å². The molecule has 0 bridgehead atoms. The number of nitrogens with zero attached hydrogens (tertiary/aromatic N) is 7. The second-order valence-electron chi connectivity index (χ2n) is 38.1. The highest BCUT2D eigenvalue weighted by molar-refractivity contribution is 7.28. The molecule has 9 aromatic heterocycles. The molecule has 0 amide bonds. The van der Waals surface area contributed by atoms with Gasteiger partial charge in [0.15, 0.2) is 5.82 Å². The first-order chi connectivity index (χ1) is 73.4. The van der Waals surface area contributed by atoms with Crippen molar-refractivity contribution in [2.75, 3.05) is 0 Å². The zero-order valence-electron chi connectivity index (χ0n) is 79.9. The molecule has 0 atom stereocenters. The average molecular weight is 1940 g/mol. The third-order valence-corrected chi connectivity index (χ3v) is 33.2. The van der Waals surface area contributed by atoms with Crippen LogP contribution in [0.5, 0.6) is 0 Å². The van der Waals surface area contributed by atoms with E-state index in [2.05, 4.69) is 486 Å². The molecule has 0 radical (unpaired) electrons. The Labute approximate surface area is 863 Å². The quantitative estimate of drug-likeness (QED) is 0.122. The minimum Gasteiger partial charge on any atom is -0.309 e. The van der Waals surface area contributed by atoms with Gasteiger partial charge in [0.05, 0.1) is 44.5 Å². The molecule has 0 aliphatic carbocycles. The van der Waals surface area contributed by atoms with Crippen LogP contribution in [0.4, 0.5) is 0 Å². The lowest BCUT2D eigenvalue weighted by molar-refractivity contribution is 1.04. The molecule has 10 heteroatoms. The smallest absolute Gasteiger partial charge is 0.180 e. The van der Waals surface area contributed by atoms with Gasteiger partial charge in [0.1, 0.15) is 11.5 Å². The Kier molecular flexibility index (Phi) is 20.8. The Hall–Kier alpha value is -18.7. The maximum absolute atomic E-state index is 5.29. The molecule has 0 unspecified atom stereocenters. The fourth-order valence-corrected chi connectivity index (χ4v) is 26.6. The van der Waals surface area contributed by atoms with E-state index >= 15 is 0 Å². The molecular weight excluding hydrogens is 1850 g/mol. The van der Waals surface area contributed by atoms with Crippen molar-refractivity contribution in [1.29, 1.82) is 0 Å². The predicted octanol–water partition coefficient (Wildman–Crippen LogP) is 38.7. The molecule has 22 aromatic carbocycles. The number of rotatable bonds is 12. The standard InChI is InChI=1S/C48H29N5S.C46H29NS.C44H27NS/c1-3-13-30(14-4-1)32-21-23-41-36(27-32)45-46(53(41)43-29-40(38-19-9-11-25-49-38)51-48(52-43)39-20-10-12-26-50-39)35-18-8-7-17-34(35)44-37-28-33(31-15-5-2-6-16-31)22-24-42(37)54-47(44)45;1-4-12-30(13-5-1)33-20-24-36(25-21-33)47-41-26-22-34(31-14-6-2-7-15-31)28-39(41)44-45(47)38-19-11-10-18-37(38)43-40-29-35(32-16-8-3-9-17-32)23-27-42(40)48-46(43)44;1-3-11-28(12-4-1)32-20-23-39-37(26-32)42-43(45(39)34-22-19-30-15-7-8-16-31(30)25-34)36-18-10-9-17-35(36)41-38-27-33(29-13-5-2-6-14-29)21-24-40(38)46-44(41)42/h1-29H;1-29H;1-27H. The summed E-state index contributed by atoms with van der Waals surface area (Å²) in [6.07, 6.45) is 3.59. The Bertz CT molecular complexity index is 10600. The topological polar surface area (TPSA) is 66.3 Å². The van der Waals surface area contributed by atoms with Crippen LogP contribution in [-0.2, 0) is 0 Å². The number of thiophene rings is 3. The summed E-state index contributed by atoms with van der Waals surface area (Å²) < 4.78 is 15.2. The van der Waals surface area contributed by atoms with Crippen molar-refractivity contribution in [1.82, 2.24) is 33.6 Å². The van der Waals surface area contributed by atoms with Gasteiger partial charge < -0.3 is 9.13 Å². The van der Waals surface area contributed by atoms with Crippen LogP contribution in [0.15, 0.2) is 516 Å². The molecule has 31 rings (SSSR count). The first kappa shape index (κ1) is 86.0. The summed E-state index contributed by atoms with van der Waals surface area (Å²) in [6.45, 7) is 0. The van der Waals surface area contributed by atoms with E-state index in [9.17, 15) is 0 Å². The van der Waals surface area contributed by atoms with Gasteiger partial charge in [-0.15, -0.1) is 34.0 Å². The van der Waals surface area contributed by atoms with E-state index in [1.165, 1.54) is 247 Å². The molecule has 148 heavy (non-hydrogen) atoms. The van der Waals surface area contributed by atoms with Gasteiger partial charge in [0, 0.05) is 139 Å². The second kappa shape index (κ2) is 35.7. The van der Waals surface area contributed by atoms with Crippen molar-refractivity contribution in [2.24, 2.45) is 0 Å². The fraction of sp³-hybridized carbons (Fsp3) is 0. The first-order valence-electron chi connectivity index (χ1n) is 50.2. The monoisotopic (exact) mass is 1940 g/mol. The molecule has 690 valence electrons. The Balaban J connectivity index is 0.000000105. The SMILES string of the molecule is c1ccc(-c2ccc(-n3c4ccc(-c5ccccc5)cc4c4c5sc6ccc(-c7ccccc7)cc6c5c5ccccc5c43)cc2)cc1.c1ccc(-c2ccc3sc4c(c3c2)c2ccccc2c2c4c3cc(-c4ccccc4)ccc3n2-c2cc(-c3ccccn3)nc(-c3ccccn3)n2)cc1.c1ccc(-c2ccc3sc4c(c3c2)c2ccccc2c2c4c3cc(-c4ccccc4)ccc3n2-c2ccc3ccccc3c2)cc1. The molecule has 0 aliphatic rings. The van der Waals surface area contributed by atoms with Gasteiger partial charge in [0.2, 0.25) is 0 Å². The van der Waals surface area contributed by atoms with Crippen LogP contribution in [0.25, 0.3) is 287 Å². The number of hydrogen-bond acceptors (Lipinski definition) is 7. The minimum absolute atomic E-state index is 0.547. The number of pyridine rings is 2. The molecule has 0 spiro atoms. The zero-order chi connectivity index (χ0) is 97.4. The first-order valence-corrected chi connectivity index (χ1v) is 52.6. The van der Waals surface area contributed by atoms with E-state index in [1.807, 2.05) is 70.4 Å². The van der Waals surface area contributed by atoms with E-state index in [1.54, 1.807) is 12.4 Å². The summed E-state index contributed by atoms with van der Waals surface area (Å²) in [7, 11) is 0. The van der Waals surface area contributed by atoms with Gasteiger partial charge >= 0.3 is 0 Å². The molecule has 0 saturated carbocycles. The van der Waals surface area contributed by atoms with Gasteiger partial charge in [-0.3, -0.25) is 14.5 Å². The van der Waals surface area contributed by atoms with Gasteiger partial charge in [-0.2, -0.15) is 0 Å². The van der Waals surface area contributed by atoms with E-state index in [4.69, 9.17) is 15.0 Å². The number of hydrogen-bond donors (Lipinski definition) is 0. The van der Waals surface area contributed by atoms with Crippen LogP contribution in [0.3, 0.4) is 0 Å². The molecule has 7 nitrogen and oxygen atoms in total. The minimum atomic E-state index is 0.547. The summed E-state index contributed by atoms with van der Waals surface area (Å²) in [5, 5.41) is 25.5. The van der Waals surface area contributed by atoms with Crippen LogP contribution >= 0.6 is 34.0 Å². The van der Waals surface area contributed by atoms with Crippen LogP contribution in [0.1, 0.15) is 0 Å². The number of benzene rings is 22. The molecule has 9 heterocycles. The van der Waals surface area contributed by atoms with Crippen molar-refractivity contribution >= 4 is 203 Å². The highest BCUT2D eigenvalue weighted by Gasteiger charge is 2.29. The number of fused-ring (bicyclic) bond motifs is 31. The lowest BCUT2D eigenvalue weighted by atomic mass is 9.97. The van der Waals surface area contributed by atoms with E-state index < -0.39 is 0 Å². The molecule has 0 fully saturated rings. The molecule has 0 saturated heterocycles.